The molecule has 1 aromatic rings. The molecule has 1 aliphatic rings. The molecular weight excluding hydrogens is 248 g/mol. The van der Waals surface area contributed by atoms with E-state index >= 15 is 0 Å². The van der Waals surface area contributed by atoms with Gasteiger partial charge >= 0.3 is 0 Å². The molecule has 1 N–H and O–H groups in total. The van der Waals surface area contributed by atoms with E-state index in [4.69, 9.17) is 0 Å². The first-order chi connectivity index (χ1) is 9.00. The van der Waals surface area contributed by atoms with E-state index in [9.17, 15) is 13.6 Å². The first-order valence-corrected chi connectivity index (χ1v) is 6.75. The fraction of sp³-hybridized carbons (Fsp3) is 0.533. The molecule has 1 aromatic carbocycles. The maximum Gasteiger partial charge on any atom is 0.257 e. The topological polar surface area (TPSA) is 29.1 Å². The Kier molecular flexibility index (Phi) is 4.17. The first kappa shape index (κ1) is 14.0. The second kappa shape index (κ2) is 5.68. The Bertz CT molecular complexity index is 455. The number of rotatable bonds is 2. The van der Waals surface area contributed by atoms with Crippen LogP contribution in [0, 0.1) is 23.5 Å². The zero-order chi connectivity index (χ0) is 14.0. The Morgan fingerprint density at radius 3 is 2.47 bits per heavy atom. The van der Waals surface area contributed by atoms with Crippen LogP contribution < -0.4 is 5.32 Å². The number of hydrogen-bond donors (Lipinski definition) is 1. The summed E-state index contributed by atoms with van der Waals surface area (Å²) in [5.74, 6) is -1.43. The first-order valence-electron chi connectivity index (χ1n) is 6.75. The van der Waals surface area contributed by atoms with Crippen LogP contribution in [0.25, 0.3) is 0 Å². The zero-order valence-corrected chi connectivity index (χ0v) is 11.2. The van der Waals surface area contributed by atoms with Crippen molar-refractivity contribution in [3.05, 3.63) is 35.4 Å². The molecule has 0 bridgehead atoms. The van der Waals surface area contributed by atoms with Crippen LogP contribution in [0.3, 0.4) is 0 Å². The van der Waals surface area contributed by atoms with Gasteiger partial charge in [-0.1, -0.05) is 32.8 Å². The van der Waals surface area contributed by atoms with Gasteiger partial charge in [-0.3, -0.25) is 4.79 Å². The number of amides is 1. The van der Waals surface area contributed by atoms with E-state index in [1.807, 2.05) is 0 Å². The van der Waals surface area contributed by atoms with Crippen LogP contribution in [0.5, 0.6) is 0 Å². The summed E-state index contributed by atoms with van der Waals surface area (Å²) in [6.07, 6.45) is 3.05. The summed E-state index contributed by atoms with van der Waals surface area (Å²) >= 11 is 0. The monoisotopic (exact) mass is 267 g/mol. The molecule has 0 radical (unpaired) electrons. The minimum absolute atomic E-state index is 0.00439. The minimum atomic E-state index is -0.811. The average Bonchev–Trinajstić information content (AvgIpc) is 2.35. The van der Waals surface area contributed by atoms with Gasteiger partial charge in [0.2, 0.25) is 0 Å². The highest BCUT2D eigenvalue weighted by Crippen LogP contribution is 2.29. The molecule has 104 valence electrons. The van der Waals surface area contributed by atoms with Gasteiger partial charge in [0, 0.05) is 6.04 Å². The van der Waals surface area contributed by atoms with Gasteiger partial charge in [0.15, 0.2) is 0 Å². The molecule has 0 spiro atoms. The molecule has 1 amide bonds. The van der Waals surface area contributed by atoms with Crippen molar-refractivity contribution in [2.24, 2.45) is 11.8 Å². The van der Waals surface area contributed by atoms with Crippen molar-refractivity contribution in [3.63, 3.8) is 0 Å². The van der Waals surface area contributed by atoms with Crippen molar-refractivity contribution in [1.29, 1.82) is 0 Å². The molecule has 1 aliphatic carbocycles. The number of carbonyl (C=O) groups is 1. The Hall–Kier alpha value is -1.45. The summed E-state index contributed by atoms with van der Waals surface area (Å²) in [4.78, 5) is 12.0. The van der Waals surface area contributed by atoms with Gasteiger partial charge in [-0.05, 0) is 30.4 Å². The van der Waals surface area contributed by atoms with Crippen LogP contribution in [-0.2, 0) is 0 Å². The fourth-order valence-electron chi connectivity index (χ4n) is 2.74. The highest BCUT2D eigenvalue weighted by Gasteiger charge is 2.29. The van der Waals surface area contributed by atoms with Crippen LogP contribution in [-0.4, -0.2) is 11.9 Å². The molecular formula is C15H19F2NO. The molecule has 2 rings (SSSR count). The number of halogens is 2. The highest BCUT2D eigenvalue weighted by molar-refractivity contribution is 5.94. The molecule has 19 heavy (non-hydrogen) atoms. The van der Waals surface area contributed by atoms with Gasteiger partial charge < -0.3 is 5.32 Å². The summed E-state index contributed by atoms with van der Waals surface area (Å²) in [5.41, 5.74) is -0.479. The van der Waals surface area contributed by atoms with E-state index in [2.05, 4.69) is 19.2 Å². The summed E-state index contributed by atoms with van der Waals surface area (Å²) in [6.45, 7) is 4.22. The molecule has 0 aromatic heterocycles. The molecule has 0 unspecified atom stereocenters. The van der Waals surface area contributed by atoms with Crippen molar-refractivity contribution < 1.29 is 13.6 Å². The Morgan fingerprint density at radius 2 is 1.84 bits per heavy atom. The molecule has 0 aliphatic heterocycles. The summed E-state index contributed by atoms with van der Waals surface area (Å²) in [6, 6.07) is 3.46. The predicted octanol–water partition coefficient (Wildman–Crippen LogP) is 3.52. The van der Waals surface area contributed by atoms with Crippen molar-refractivity contribution in [1.82, 2.24) is 5.32 Å². The van der Waals surface area contributed by atoms with Gasteiger partial charge in [0.25, 0.3) is 5.91 Å². The van der Waals surface area contributed by atoms with Crippen LogP contribution in [0.1, 0.15) is 43.5 Å². The lowest BCUT2D eigenvalue weighted by Crippen LogP contribution is -2.44. The molecule has 2 nitrogen and oxygen atoms in total. The van der Waals surface area contributed by atoms with E-state index in [0.29, 0.717) is 11.8 Å². The second-order valence-corrected chi connectivity index (χ2v) is 5.44. The lowest BCUT2D eigenvalue weighted by Gasteiger charge is -2.34. The SMILES string of the molecule is C[C@H]1[C@@H](NC(=O)c2c(F)cccc2F)CCC[C@@H]1C. The van der Waals surface area contributed by atoms with Gasteiger partial charge in [0.1, 0.15) is 17.2 Å². The normalized spacial score (nSPS) is 27.1. The van der Waals surface area contributed by atoms with Crippen molar-refractivity contribution in [3.8, 4) is 0 Å². The third kappa shape index (κ3) is 2.94. The molecule has 1 fully saturated rings. The van der Waals surface area contributed by atoms with Gasteiger partial charge in [0.05, 0.1) is 0 Å². The summed E-state index contributed by atoms with van der Waals surface area (Å²) in [7, 11) is 0. The van der Waals surface area contributed by atoms with Gasteiger partial charge in [-0.15, -0.1) is 0 Å². The lowest BCUT2D eigenvalue weighted by molar-refractivity contribution is 0.0882. The largest absolute Gasteiger partial charge is 0.349 e. The minimum Gasteiger partial charge on any atom is -0.349 e. The van der Waals surface area contributed by atoms with E-state index in [-0.39, 0.29) is 6.04 Å². The van der Waals surface area contributed by atoms with E-state index in [1.165, 1.54) is 6.07 Å². The average molecular weight is 267 g/mol. The molecule has 0 saturated heterocycles. The number of nitrogens with one attached hydrogen (secondary N) is 1. The Balaban J connectivity index is 2.13. The van der Waals surface area contributed by atoms with E-state index in [1.54, 1.807) is 0 Å². The highest BCUT2D eigenvalue weighted by atomic mass is 19.1. The maximum atomic E-state index is 13.5. The fourth-order valence-corrected chi connectivity index (χ4v) is 2.74. The van der Waals surface area contributed by atoms with Crippen LogP contribution >= 0.6 is 0 Å². The van der Waals surface area contributed by atoms with Crippen LogP contribution in [0.4, 0.5) is 8.78 Å². The standard InChI is InChI=1S/C15H19F2NO/c1-9-5-3-8-13(10(9)2)18-15(19)14-11(16)6-4-7-12(14)17/h4,6-7,9-10,13H,3,5,8H2,1-2H3,(H,18,19)/t9-,10+,13-/m0/s1. The molecule has 4 heteroatoms. The second-order valence-electron chi connectivity index (χ2n) is 5.44. The lowest BCUT2D eigenvalue weighted by atomic mass is 9.78. The van der Waals surface area contributed by atoms with Crippen molar-refractivity contribution in [2.75, 3.05) is 0 Å². The summed E-state index contributed by atoms with van der Waals surface area (Å²) in [5, 5.41) is 2.78. The van der Waals surface area contributed by atoms with Gasteiger partial charge in [-0.25, -0.2) is 8.78 Å². The number of carbonyl (C=O) groups excluding carboxylic acids is 1. The molecule has 1 saturated carbocycles. The Labute approximate surface area is 112 Å². The summed E-state index contributed by atoms with van der Waals surface area (Å²) < 4.78 is 27.1. The third-order valence-electron chi connectivity index (χ3n) is 4.21. The van der Waals surface area contributed by atoms with Gasteiger partial charge in [-0.2, -0.15) is 0 Å². The molecule has 0 heterocycles. The van der Waals surface area contributed by atoms with E-state index < -0.39 is 23.1 Å². The van der Waals surface area contributed by atoms with E-state index in [0.717, 1.165) is 31.4 Å². The quantitative estimate of drug-likeness (QED) is 0.872. The number of hydrogen-bond acceptors (Lipinski definition) is 1. The number of benzene rings is 1. The van der Waals surface area contributed by atoms with Crippen LogP contribution in [0.2, 0.25) is 0 Å². The maximum absolute atomic E-state index is 13.5. The van der Waals surface area contributed by atoms with Crippen LogP contribution in [0.15, 0.2) is 18.2 Å². The Morgan fingerprint density at radius 1 is 1.21 bits per heavy atom. The predicted molar refractivity (Wildman–Crippen MR) is 69.8 cm³/mol. The molecule has 3 atom stereocenters. The third-order valence-corrected chi connectivity index (χ3v) is 4.21. The van der Waals surface area contributed by atoms with Crippen molar-refractivity contribution in [2.45, 2.75) is 39.2 Å². The smallest absolute Gasteiger partial charge is 0.257 e. The van der Waals surface area contributed by atoms with Crippen molar-refractivity contribution >= 4 is 5.91 Å². The zero-order valence-electron chi connectivity index (χ0n) is 11.2.